The van der Waals surface area contributed by atoms with Crippen LogP contribution in [0.1, 0.15) is 37.7 Å². The fraction of sp³-hybridized carbons (Fsp3) is 0.379. The van der Waals surface area contributed by atoms with E-state index in [2.05, 4.69) is 36.6 Å². The van der Waals surface area contributed by atoms with Crippen LogP contribution >= 0.6 is 11.6 Å². The number of ether oxygens (including phenoxy) is 1. The number of hydrogen-bond acceptors (Lipinski definition) is 5. The van der Waals surface area contributed by atoms with E-state index in [1.807, 2.05) is 29.6 Å². The molecule has 0 amide bonds. The van der Waals surface area contributed by atoms with E-state index in [-0.39, 0.29) is 11.2 Å². The SMILES string of the molecule is COc1ccc(Cl)cc1CN1CCN(c2cc(C(C)(C)C)nc3c(-c4ccc(F)cc4)c(C)nn23)CC1. The molecule has 0 bridgehead atoms. The largest absolute Gasteiger partial charge is 0.496 e. The van der Waals surface area contributed by atoms with Gasteiger partial charge >= 0.3 is 0 Å². The summed E-state index contributed by atoms with van der Waals surface area (Å²) in [5.74, 6) is 1.64. The van der Waals surface area contributed by atoms with Gasteiger partial charge in [0.1, 0.15) is 17.4 Å². The molecular formula is C29H33ClFN5O. The highest BCUT2D eigenvalue weighted by atomic mass is 35.5. The Labute approximate surface area is 222 Å². The summed E-state index contributed by atoms with van der Waals surface area (Å²) in [6.07, 6.45) is 0. The Morgan fingerprint density at radius 3 is 2.35 bits per heavy atom. The monoisotopic (exact) mass is 521 g/mol. The molecule has 2 aromatic heterocycles. The lowest BCUT2D eigenvalue weighted by atomic mass is 9.91. The normalized spacial score (nSPS) is 14.9. The first-order valence-electron chi connectivity index (χ1n) is 12.6. The van der Waals surface area contributed by atoms with Gasteiger partial charge in [0, 0.05) is 60.4 Å². The van der Waals surface area contributed by atoms with Crippen molar-refractivity contribution >= 4 is 23.1 Å². The third-order valence-corrected chi connectivity index (χ3v) is 7.21. The van der Waals surface area contributed by atoms with Gasteiger partial charge in [-0.2, -0.15) is 9.61 Å². The van der Waals surface area contributed by atoms with Crippen LogP contribution in [-0.2, 0) is 12.0 Å². The molecule has 1 aliphatic rings. The summed E-state index contributed by atoms with van der Waals surface area (Å²) >= 11 is 6.25. The molecule has 2 aromatic carbocycles. The number of hydrogen-bond donors (Lipinski definition) is 0. The molecule has 5 rings (SSSR count). The highest BCUT2D eigenvalue weighted by molar-refractivity contribution is 6.30. The van der Waals surface area contributed by atoms with Crippen LogP contribution in [0.2, 0.25) is 5.02 Å². The molecule has 1 saturated heterocycles. The lowest BCUT2D eigenvalue weighted by Gasteiger charge is -2.36. The zero-order chi connectivity index (χ0) is 26.3. The van der Waals surface area contributed by atoms with Gasteiger partial charge in [-0.15, -0.1) is 0 Å². The Morgan fingerprint density at radius 1 is 1.00 bits per heavy atom. The number of halogens is 2. The molecule has 4 aromatic rings. The first kappa shape index (κ1) is 25.5. The van der Waals surface area contributed by atoms with Gasteiger partial charge in [-0.3, -0.25) is 4.90 Å². The molecule has 0 atom stereocenters. The molecular weight excluding hydrogens is 489 g/mol. The van der Waals surface area contributed by atoms with Crippen LogP contribution in [0.15, 0.2) is 48.5 Å². The average Bonchev–Trinajstić information content (AvgIpc) is 3.20. The Morgan fingerprint density at radius 2 is 1.70 bits per heavy atom. The van der Waals surface area contributed by atoms with E-state index in [1.165, 1.54) is 12.1 Å². The fourth-order valence-corrected chi connectivity index (χ4v) is 5.11. The maximum Gasteiger partial charge on any atom is 0.165 e. The Kier molecular flexibility index (Phi) is 6.86. The van der Waals surface area contributed by atoms with Gasteiger partial charge < -0.3 is 9.64 Å². The zero-order valence-electron chi connectivity index (χ0n) is 22.1. The maximum atomic E-state index is 13.6. The minimum absolute atomic E-state index is 0.139. The van der Waals surface area contributed by atoms with Gasteiger partial charge in [-0.05, 0) is 42.8 Å². The molecule has 0 saturated carbocycles. The number of fused-ring (bicyclic) bond motifs is 1. The number of piperazine rings is 1. The van der Waals surface area contributed by atoms with Gasteiger partial charge in [0.05, 0.1) is 18.5 Å². The van der Waals surface area contributed by atoms with Crippen molar-refractivity contribution in [2.24, 2.45) is 0 Å². The van der Waals surface area contributed by atoms with Crippen molar-refractivity contribution in [2.75, 3.05) is 38.2 Å². The van der Waals surface area contributed by atoms with E-state index in [1.54, 1.807) is 19.2 Å². The summed E-state index contributed by atoms with van der Waals surface area (Å²) in [5, 5.41) is 5.62. The Hall–Kier alpha value is -3.16. The highest BCUT2D eigenvalue weighted by Crippen LogP contribution is 2.34. The Balaban J connectivity index is 1.47. The molecule has 0 aliphatic carbocycles. The molecule has 1 aliphatic heterocycles. The Bertz CT molecular complexity index is 1420. The molecule has 8 heteroatoms. The predicted octanol–water partition coefficient (Wildman–Crippen LogP) is 6.13. The van der Waals surface area contributed by atoms with Gasteiger partial charge in [0.15, 0.2) is 5.65 Å². The van der Waals surface area contributed by atoms with E-state index in [4.69, 9.17) is 26.4 Å². The zero-order valence-corrected chi connectivity index (χ0v) is 22.8. The number of aryl methyl sites for hydroxylation is 1. The van der Waals surface area contributed by atoms with Gasteiger partial charge in [0.2, 0.25) is 0 Å². The highest BCUT2D eigenvalue weighted by Gasteiger charge is 2.26. The molecule has 0 radical (unpaired) electrons. The van der Waals surface area contributed by atoms with Crippen LogP contribution in [0, 0.1) is 12.7 Å². The number of benzene rings is 2. The number of anilines is 1. The van der Waals surface area contributed by atoms with E-state index < -0.39 is 0 Å². The minimum Gasteiger partial charge on any atom is -0.496 e. The molecule has 3 heterocycles. The fourth-order valence-electron chi connectivity index (χ4n) is 4.92. The van der Waals surface area contributed by atoms with Crippen LogP contribution in [0.25, 0.3) is 16.8 Å². The van der Waals surface area contributed by atoms with Gasteiger partial charge in [-0.25, -0.2) is 9.37 Å². The minimum atomic E-state index is -0.254. The molecule has 194 valence electrons. The first-order chi connectivity index (χ1) is 17.6. The van der Waals surface area contributed by atoms with Crippen molar-refractivity contribution in [3.05, 3.63) is 76.3 Å². The summed E-state index contributed by atoms with van der Waals surface area (Å²) in [6.45, 7) is 12.8. The second-order valence-electron chi connectivity index (χ2n) is 10.7. The second-order valence-corrected chi connectivity index (χ2v) is 11.1. The van der Waals surface area contributed by atoms with Crippen molar-refractivity contribution in [1.29, 1.82) is 0 Å². The number of methoxy groups -OCH3 is 1. The third-order valence-electron chi connectivity index (χ3n) is 6.98. The quantitative estimate of drug-likeness (QED) is 0.316. The number of nitrogens with zero attached hydrogens (tertiary/aromatic N) is 5. The second kappa shape index (κ2) is 9.95. The summed E-state index contributed by atoms with van der Waals surface area (Å²) < 4.78 is 21.1. The molecule has 37 heavy (non-hydrogen) atoms. The van der Waals surface area contributed by atoms with Gasteiger partial charge in [0.25, 0.3) is 0 Å². The number of rotatable bonds is 5. The van der Waals surface area contributed by atoms with Crippen LogP contribution in [-0.4, -0.2) is 52.8 Å². The third kappa shape index (κ3) is 5.15. The molecule has 0 N–H and O–H groups in total. The molecule has 1 fully saturated rings. The van der Waals surface area contributed by atoms with E-state index in [0.29, 0.717) is 5.02 Å². The maximum absolute atomic E-state index is 13.6. The summed E-state index contributed by atoms with van der Waals surface area (Å²) in [4.78, 5) is 9.87. The average molecular weight is 522 g/mol. The van der Waals surface area contributed by atoms with Crippen molar-refractivity contribution in [1.82, 2.24) is 19.5 Å². The summed E-state index contributed by atoms with van der Waals surface area (Å²) in [6, 6.07) is 14.5. The first-order valence-corrected chi connectivity index (χ1v) is 13.0. The summed E-state index contributed by atoms with van der Waals surface area (Å²) in [5.41, 5.74) is 5.49. The standard InChI is InChI=1S/C29H33ClFN5O/c1-19-27(20-6-9-23(31)10-7-20)28-32-25(29(2,3)4)17-26(36(28)33-19)35-14-12-34(13-15-35)18-21-16-22(30)8-11-24(21)37-5/h6-11,16-17H,12-15,18H2,1-5H3. The van der Waals surface area contributed by atoms with E-state index >= 15 is 0 Å². The lowest BCUT2D eigenvalue weighted by Crippen LogP contribution is -2.46. The van der Waals surface area contributed by atoms with Crippen LogP contribution in [0.4, 0.5) is 10.2 Å². The predicted molar refractivity (Wildman–Crippen MR) is 147 cm³/mol. The lowest BCUT2D eigenvalue weighted by molar-refractivity contribution is 0.245. The van der Waals surface area contributed by atoms with E-state index in [0.717, 1.165) is 78.0 Å². The van der Waals surface area contributed by atoms with Crippen molar-refractivity contribution < 1.29 is 9.13 Å². The summed E-state index contributed by atoms with van der Waals surface area (Å²) in [7, 11) is 1.69. The van der Waals surface area contributed by atoms with Gasteiger partial charge in [-0.1, -0.05) is 44.5 Å². The number of aromatic nitrogens is 3. The topological polar surface area (TPSA) is 45.9 Å². The van der Waals surface area contributed by atoms with Crippen LogP contribution in [0.3, 0.4) is 0 Å². The van der Waals surface area contributed by atoms with Crippen LogP contribution < -0.4 is 9.64 Å². The molecule has 6 nitrogen and oxygen atoms in total. The molecule has 0 spiro atoms. The van der Waals surface area contributed by atoms with Crippen molar-refractivity contribution in [3.63, 3.8) is 0 Å². The van der Waals surface area contributed by atoms with E-state index in [9.17, 15) is 4.39 Å². The van der Waals surface area contributed by atoms with Crippen molar-refractivity contribution in [2.45, 2.75) is 39.7 Å². The smallest absolute Gasteiger partial charge is 0.165 e. The van der Waals surface area contributed by atoms with Crippen LogP contribution in [0.5, 0.6) is 5.75 Å². The van der Waals surface area contributed by atoms with Crippen molar-refractivity contribution in [3.8, 4) is 16.9 Å². The molecule has 0 unspecified atom stereocenters.